The minimum atomic E-state index is 0.0417. The Labute approximate surface area is 134 Å². The number of hydrazone groups is 1. The topological polar surface area (TPSA) is 57.1 Å². The van der Waals surface area contributed by atoms with Gasteiger partial charge < -0.3 is 5.32 Å². The first-order chi connectivity index (χ1) is 10.6. The number of benzene rings is 1. The summed E-state index contributed by atoms with van der Waals surface area (Å²) in [6.07, 6.45) is 2.80. The number of aliphatic imine (C=N–C) groups is 1. The number of para-hydroxylation sites is 1. The van der Waals surface area contributed by atoms with E-state index >= 15 is 0 Å². The van der Waals surface area contributed by atoms with Crippen LogP contribution in [0.15, 0.2) is 34.4 Å². The van der Waals surface area contributed by atoms with E-state index in [2.05, 4.69) is 35.3 Å². The van der Waals surface area contributed by atoms with Crippen LogP contribution in [0.3, 0.4) is 0 Å². The second-order valence-electron chi connectivity index (χ2n) is 5.83. The molecule has 5 nitrogen and oxygen atoms in total. The van der Waals surface area contributed by atoms with Gasteiger partial charge in [0.1, 0.15) is 0 Å². The fraction of sp³-hybridized carbons (Fsp3) is 0.438. The lowest BCUT2D eigenvalue weighted by molar-refractivity contribution is -0.118. The van der Waals surface area contributed by atoms with Gasteiger partial charge in [-0.3, -0.25) is 4.79 Å². The SMILES string of the molecule is CC(C)CNC(=O)CSC1=Nc2ccccc2C2CC=NN12. The second-order valence-corrected chi connectivity index (χ2v) is 6.78. The Hall–Kier alpha value is -1.82. The van der Waals surface area contributed by atoms with Gasteiger partial charge in [0.25, 0.3) is 0 Å². The predicted octanol–water partition coefficient (Wildman–Crippen LogP) is 2.93. The van der Waals surface area contributed by atoms with Crippen LogP contribution in [0.4, 0.5) is 5.69 Å². The Kier molecular flexibility index (Phi) is 4.47. The van der Waals surface area contributed by atoms with Gasteiger partial charge in [0, 0.05) is 24.7 Å². The van der Waals surface area contributed by atoms with Gasteiger partial charge in [-0.05, 0) is 12.0 Å². The van der Waals surface area contributed by atoms with E-state index < -0.39 is 0 Å². The van der Waals surface area contributed by atoms with Crippen LogP contribution in [0.25, 0.3) is 0 Å². The molecule has 0 saturated heterocycles. The van der Waals surface area contributed by atoms with Gasteiger partial charge in [0.2, 0.25) is 5.91 Å². The molecule has 0 aliphatic carbocycles. The molecule has 1 N–H and O–H groups in total. The van der Waals surface area contributed by atoms with Crippen molar-refractivity contribution in [3.05, 3.63) is 29.8 Å². The van der Waals surface area contributed by atoms with E-state index in [1.54, 1.807) is 0 Å². The molecular weight excluding hydrogens is 296 g/mol. The molecule has 22 heavy (non-hydrogen) atoms. The van der Waals surface area contributed by atoms with Gasteiger partial charge in [-0.2, -0.15) is 5.10 Å². The lowest BCUT2D eigenvalue weighted by atomic mass is 10.0. The van der Waals surface area contributed by atoms with Gasteiger partial charge in [0.15, 0.2) is 5.17 Å². The Bertz CT molecular complexity index is 626. The molecule has 0 radical (unpaired) electrons. The molecule has 2 aliphatic heterocycles. The molecule has 1 amide bonds. The molecule has 3 rings (SSSR count). The van der Waals surface area contributed by atoms with E-state index in [1.165, 1.54) is 17.3 Å². The van der Waals surface area contributed by atoms with Gasteiger partial charge in [-0.1, -0.05) is 43.8 Å². The smallest absolute Gasteiger partial charge is 0.230 e. The third-order valence-corrected chi connectivity index (χ3v) is 4.52. The third kappa shape index (κ3) is 3.16. The first-order valence-electron chi connectivity index (χ1n) is 7.54. The molecule has 116 valence electrons. The first kappa shape index (κ1) is 15.1. The van der Waals surface area contributed by atoms with Crippen molar-refractivity contribution < 1.29 is 4.79 Å². The van der Waals surface area contributed by atoms with Crippen molar-refractivity contribution in [2.45, 2.75) is 26.3 Å². The molecule has 0 bridgehead atoms. The van der Waals surface area contributed by atoms with Crippen LogP contribution in [-0.4, -0.2) is 34.6 Å². The fourth-order valence-corrected chi connectivity index (χ4v) is 3.31. The number of carbonyl (C=O) groups excluding carboxylic acids is 1. The molecule has 0 spiro atoms. The fourth-order valence-electron chi connectivity index (χ4n) is 2.48. The summed E-state index contributed by atoms with van der Waals surface area (Å²) in [5.74, 6) is 0.868. The molecule has 0 saturated carbocycles. The maximum absolute atomic E-state index is 11.9. The number of nitrogens with zero attached hydrogens (tertiary/aromatic N) is 3. The van der Waals surface area contributed by atoms with Gasteiger partial charge in [0.05, 0.1) is 17.5 Å². The standard InChI is InChI=1S/C16H20N4OS/c1-11(2)9-17-15(21)10-22-16-19-13-6-4-3-5-12(13)14-7-8-18-20(14)16/h3-6,8,11,14H,7,9-10H2,1-2H3,(H,17,21). The highest BCUT2D eigenvalue weighted by Crippen LogP contribution is 2.40. The van der Waals surface area contributed by atoms with Crippen LogP contribution in [0, 0.1) is 5.92 Å². The Morgan fingerprint density at radius 3 is 3.09 bits per heavy atom. The first-order valence-corrected chi connectivity index (χ1v) is 8.52. The van der Waals surface area contributed by atoms with E-state index in [0.29, 0.717) is 18.2 Å². The zero-order chi connectivity index (χ0) is 15.5. The van der Waals surface area contributed by atoms with Crippen LogP contribution in [0.1, 0.15) is 31.9 Å². The molecule has 6 heteroatoms. The monoisotopic (exact) mass is 316 g/mol. The summed E-state index contributed by atoms with van der Waals surface area (Å²) in [7, 11) is 0. The summed E-state index contributed by atoms with van der Waals surface area (Å²) in [5.41, 5.74) is 2.19. The highest BCUT2D eigenvalue weighted by Gasteiger charge is 2.32. The number of hydrogen-bond donors (Lipinski definition) is 1. The Morgan fingerprint density at radius 1 is 1.45 bits per heavy atom. The molecule has 1 aromatic rings. The third-order valence-electron chi connectivity index (χ3n) is 3.58. The molecule has 1 unspecified atom stereocenters. The number of carbonyl (C=O) groups is 1. The van der Waals surface area contributed by atoms with E-state index in [9.17, 15) is 4.79 Å². The summed E-state index contributed by atoms with van der Waals surface area (Å²) >= 11 is 1.45. The zero-order valence-electron chi connectivity index (χ0n) is 12.8. The minimum absolute atomic E-state index is 0.0417. The number of nitrogens with one attached hydrogen (secondary N) is 1. The summed E-state index contributed by atoms with van der Waals surface area (Å²) in [6.45, 7) is 4.87. The Balaban J connectivity index is 1.69. The lowest BCUT2D eigenvalue weighted by Gasteiger charge is -2.29. The van der Waals surface area contributed by atoms with Crippen molar-refractivity contribution in [1.29, 1.82) is 0 Å². The van der Waals surface area contributed by atoms with E-state index in [-0.39, 0.29) is 11.9 Å². The van der Waals surface area contributed by atoms with E-state index in [4.69, 9.17) is 0 Å². The van der Waals surface area contributed by atoms with Crippen LogP contribution < -0.4 is 5.32 Å². The molecular formula is C16H20N4OS. The summed E-state index contributed by atoms with van der Waals surface area (Å²) < 4.78 is 0. The van der Waals surface area contributed by atoms with Crippen LogP contribution in [0.2, 0.25) is 0 Å². The lowest BCUT2D eigenvalue weighted by Crippen LogP contribution is -2.32. The van der Waals surface area contributed by atoms with Crippen molar-refractivity contribution >= 4 is 34.7 Å². The Morgan fingerprint density at radius 2 is 2.27 bits per heavy atom. The number of fused-ring (bicyclic) bond motifs is 3. The van der Waals surface area contributed by atoms with Gasteiger partial charge in [-0.15, -0.1) is 0 Å². The predicted molar refractivity (Wildman–Crippen MR) is 91.5 cm³/mol. The average Bonchev–Trinajstić information content (AvgIpc) is 3.00. The van der Waals surface area contributed by atoms with E-state index in [0.717, 1.165) is 17.3 Å². The molecule has 1 atom stereocenters. The van der Waals surface area contributed by atoms with Crippen molar-refractivity contribution in [2.75, 3.05) is 12.3 Å². The molecule has 0 aromatic heterocycles. The summed E-state index contributed by atoms with van der Waals surface area (Å²) in [5, 5.41) is 10.1. The summed E-state index contributed by atoms with van der Waals surface area (Å²) in [6, 6.07) is 8.36. The second kappa shape index (κ2) is 6.52. The van der Waals surface area contributed by atoms with E-state index in [1.807, 2.05) is 29.4 Å². The quantitative estimate of drug-likeness (QED) is 0.929. The summed E-state index contributed by atoms with van der Waals surface area (Å²) in [4.78, 5) is 16.6. The molecule has 1 aromatic carbocycles. The maximum atomic E-state index is 11.9. The number of thioether (sulfide) groups is 1. The molecule has 2 heterocycles. The normalized spacial score (nSPS) is 19.0. The van der Waals surface area contributed by atoms with Crippen molar-refractivity contribution in [1.82, 2.24) is 10.3 Å². The van der Waals surface area contributed by atoms with Crippen molar-refractivity contribution in [3.8, 4) is 0 Å². The van der Waals surface area contributed by atoms with Gasteiger partial charge >= 0.3 is 0 Å². The highest BCUT2D eigenvalue weighted by molar-refractivity contribution is 8.14. The van der Waals surface area contributed by atoms with Crippen LogP contribution >= 0.6 is 11.8 Å². The number of amides is 1. The largest absolute Gasteiger partial charge is 0.355 e. The molecule has 2 aliphatic rings. The number of amidine groups is 1. The van der Waals surface area contributed by atoms with Crippen LogP contribution in [-0.2, 0) is 4.79 Å². The van der Waals surface area contributed by atoms with Crippen molar-refractivity contribution in [3.63, 3.8) is 0 Å². The zero-order valence-corrected chi connectivity index (χ0v) is 13.6. The number of hydrogen-bond acceptors (Lipinski definition) is 5. The molecule has 0 fully saturated rings. The highest BCUT2D eigenvalue weighted by atomic mass is 32.2. The maximum Gasteiger partial charge on any atom is 0.230 e. The van der Waals surface area contributed by atoms with Crippen LogP contribution in [0.5, 0.6) is 0 Å². The average molecular weight is 316 g/mol. The van der Waals surface area contributed by atoms with Crippen molar-refractivity contribution in [2.24, 2.45) is 16.0 Å². The van der Waals surface area contributed by atoms with Gasteiger partial charge in [-0.25, -0.2) is 10.0 Å². The number of rotatable bonds is 4. The minimum Gasteiger partial charge on any atom is -0.355 e.